The van der Waals surface area contributed by atoms with Gasteiger partial charge in [-0.3, -0.25) is 4.79 Å². The number of benzene rings is 1. The molecular weight excluding hydrogens is 271 g/mol. The second-order valence-corrected chi connectivity index (χ2v) is 5.79. The molecule has 1 aliphatic rings. The molecule has 3 atom stereocenters. The number of nitrogens with one attached hydrogen (secondary N) is 2. The summed E-state index contributed by atoms with van der Waals surface area (Å²) >= 11 is 0. The number of carbonyl (C=O) groups excluding carboxylic acids is 1. The fraction of sp³-hybridized carbons (Fsp3) is 0.562. The quantitative estimate of drug-likeness (QED) is 0.742. The summed E-state index contributed by atoms with van der Waals surface area (Å²) in [6.45, 7) is 2.65. The van der Waals surface area contributed by atoms with E-state index in [1.807, 2.05) is 30.3 Å². The zero-order valence-corrected chi connectivity index (χ0v) is 12.3. The van der Waals surface area contributed by atoms with Crippen molar-refractivity contribution in [2.45, 2.75) is 37.5 Å². The minimum absolute atomic E-state index is 0.0203. The number of amides is 1. The van der Waals surface area contributed by atoms with E-state index in [2.05, 4.69) is 10.6 Å². The smallest absolute Gasteiger partial charge is 0.259 e. The Balaban J connectivity index is 1.97. The van der Waals surface area contributed by atoms with Crippen LogP contribution < -0.4 is 10.6 Å². The molecule has 0 radical (unpaired) electrons. The maximum absolute atomic E-state index is 14.3. The molecule has 21 heavy (non-hydrogen) atoms. The highest BCUT2D eigenvalue weighted by Gasteiger charge is 2.41. The molecule has 0 spiro atoms. The van der Waals surface area contributed by atoms with E-state index < -0.39 is 17.7 Å². The van der Waals surface area contributed by atoms with E-state index in [1.165, 1.54) is 0 Å². The Labute approximate surface area is 124 Å². The highest BCUT2D eigenvalue weighted by molar-refractivity contribution is 5.85. The molecule has 0 bridgehead atoms. The molecule has 1 aliphatic heterocycles. The van der Waals surface area contributed by atoms with Crippen LogP contribution in [0.25, 0.3) is 0 Å². The van der Waals surface area contributed by atoms with Gasteiger partial charge in [-0.1, -0.05) is 30.3 Å². The van der Waals surface area contributed by atoms with E-state index in [0.717, 1.165) is 5.56 Å². The molecule has 1 saturated heterocycles. The first-order chi connectivity index (χ1) is 10.0. The number of rotatable bonds is 6. The van der Waals surface area contributed by atoms with Gasteiger partial charge < -0.3 is 15.7 Å². The molecule has 116 valence electrons. The normalized spacial score (nSPS) is 24.5. The largest absolute Gasteiger partial charge is 0.393 e. The first-order valence-corrected chi connectivity index (χ1v) is 7.42. The molecule has 2 rings (SSSR count). The van der Waals surface area contributed by atoms with Gasteiger partial charge in [0.25, 0.3) is 5.91 Å². The van der Waals surface area contributed by atoms with Gasteiger partial charge in [0.05, 0.1) is 6.10 Å². The summed E-state index contributed by atoms with van der Waals surface area (Å²) in [5, 5.41) is 15.2. The molecule has 1 aromatic rings. The van der Waals surface area contributed by atoms with Crippen LogP contribution >= 0.6 is 0 Å². The maximum atomic E-state index is 14.3. The lowest BCUT2D eigenvalue weighted by molar-refractivity contribution is -0.131. The minimum atomic E-state index is -1.80. The van der Waals surface area contributed by atoms with Crippen LogP contribution in [-0.4, -0.2) is 42.4 Å². The lowest BCUT2D eigenvalue weighted by atomic mass is 9.93. The Morgan fingerprint density at radius 1 is 1.48 bits per heavy atom. The number of alkyl halides is 1. The molecular formula is C16H23FN2O2. The van der Waals surface area contributed by atoms with E-state index in [1.54, 1.807) is 6.92 Å². The third-order valence-electron chi connectivity index (χ3n) is 3.92. The third-order valence-corrected chi connectivity index (χ3v) is 3.92. The van der Waals surface area contributed by atoms with Crippen molar-refractivity contribution in [1.29, 1.82) is 0 Å². The molecule has 1 aromatic carbocycles. The third kappa shape index (κ3) is 4.25. The summed E-state index contributed by atoms with van der Waals surface area (Å²) in [5.74, 6) is -0.577. The first-order valence-electron chi connectivity index (χ1n) is 7.42. The first kappa shape index (κ1) is 15.9. The van der Waals surface area contributed by atoms with Gasteiger partial charge >= 0.3 is 0 Å². The van der Waals surface area contributed by atoms with Gasteiger partial charge in [-0.15, -0.1) is 0 Å². The predicted octanol–water partition coefficient (Wildman–Crippen LogP) is 1.36. The Morgan fingerprint density at radius 2 is 2.19 bits per heavy atom. The zero-order chi connectivity index (χ0) is 15.3. The van der Waals surface area contributed by atoms with E-state index in [0.29, 0.717) is 19.5 Å². The molecule has 3 N–H and O–H groups in total. The van der Waals surface area contributed by atoms with Gasteiger partial charge in [-0.05, 0) is 25.5 Å². The van der Waals surface area contributed by atoms with Crippen molar-refractivity contribution >= 4 is 5.91 Å². The second kappa shape index (κ2) is 7.00. The Hall–Kier alpha value is -1.46. The van der Waals surface area contributed by atoms with Crippen molar-refractivity contribution in [3.63, 3.8) is 0 Å². The molecule has 1 fully saturated rings. The lowest BCUT2D eigenvalue weighted by Gasteiger charge is -2.23. The Morgan fingerprint density at radius 3 is 2.76 bits per heavy atom. The van der Waals surface area contributed by atoms with Gasteiger partial charge in [-0.25, -0.2) is 4.39 Å². The van der Waals surface area contributed by atoms with Crippen molar-refractivity contribution in [2.24, 2.45) is 0 Å². The second-order valence-electron chi connectivity index (χ2n) is 5.79. The molecule has 5 heteroatoms. The van der Waals surface area contributed by atoms with Gasteiger partial charge in [0.1, 0.15) is 0 Å². The summed E-state index contributed by atoms with van der Waals surface area (Å²) in [5.41, 5.74) is -0.761. The number of hydrogen-bond donors (Lipinski definition) is 3. The highest BCUT2D eigenvalue weighted by atomic mass is 19.1. The molecule has 0 aliphatic carbocycles. The monoisotopic (exact) mass is 294 g/mol. The summed E-state index contributed by atoms with van der Waals surface area (Å²) in [7, 11) is 0. The molecule has 1 amide bonds. The molecule has 4 nitrogen and oxygen atoms in total. The van der Waals surface area contributed by atoms with E-state index >= 15 is 0 Å². The molecule has 0 aromatic heterocycles. The fourth-order valence-corrected chi connectivity index (χ4v) is 2.70. The summed E-state index contributed by atoms with van der Waals surface area (Å²) < 4.78 is 14.3. The van der Waals surface area contributed by atoms with Crippen LogP contribution in [0.3, 0.4) is 0 Å². The summed E-state index contributed by atoms with van der Waals surface area (Å²) in [6.07, 6.45) is 0.271. The van der Waals surface area contributed by atoms with Crippen molar-refractivity contribution in [2.75, 3.05) is 19.6 Å². The number of halogens is 1. The lowest BCUT2D eigenvalue weighted by Crippen LogP contribution is -2.46. The Bertz CT molecular complexity index is 459. The van der Waals surface area contributed by atoms with Crippen LogP contribution in [0.1, 0.15) is 31.2 Å². The van der Waals surface area contributed by atoms with Crippen LogP contribution in [0.5, 0.6) is 0 Å². The van der Waals surface area contributed by atoms with Crippen LogP contribution in [0.2, 0.25) is 0 Å². The maximum Gasteiger partial charge on any atom is 0.259 e. The highest BCUT2D eigenvalue weighted by Crippen LogP contribution is 2.23. The zero-order valence-electron chi connectivity index (χ0n) is 12.3. The minimum Gasteiger partial charge on any atom is -0.393 e. The topological polar surface area (TPSA) is 61.4 Å². The van der Waals surface area contributed by atoms with Crippen molar-refractivity contribution in [3.8, 4) is 0 Å². The van der Waals surface area contributed by atoms with Crippen molar-refractivity contribution in [1.82, 2.24) is 10.6 Å². The van der Waals surface area contributed by atoms with Crippen LogP contribution in [-0.2, 0) is 4.79 Å². The van der Waals surface area contributed by atoms with Gasteiger partial charge in [-0.2, -0.15) is 0 Å². The molecule has 0 saturated carbocycles. The van der Waals surface area contributed by atoms with Crippen LogP contribution in [0, 0.1) is 0 Å². The predicted molar refractivity (Wildman–Crippen MR) is 79.8 cm³/mol. The van der Waals surface area contributed by atoms with Crippen molar-refractivity contribution in [3.05, 3.63) is 35.9 Å². The molecule has 1 heterocycles. The van der Waals surface area contributed by atoms with E-state index in [4.69, 9.17) is 0 Å². The standard InChI is InChI=1S/C16H23FN2O2/c1-12(20)9-14(13-5-3-2-4-6-13)10-19-15(21)16(17)7-8-18-11-16/h2-6,12,14,18,20H,7-11H2,1H3,(H,19,21). The number of hydrogen-bond acceptors (Lipinski definition) is 3. The average Bonchev–Trinajstić information content (AvgIpc) is 2.92. The van der Waals surface area contributed by atoms with Gasteiger partial charge in [0.15, 0.2) is 0 Å². The van der Waals surface area contributed by atoms with Crippen molar-refractivity contribution < 1.29 is 14.3 Å². The van der Waals surface area contributed by atoms with Crippen LogP contribution in [0.15, 0.2) is 30.3 Å². The Kier molecular flexibility index (Phi) is 5.31. The SMILES string of the molecule is CC(O)CC(CNC(=O)C1(F)CCNC1)c1ccccc1. The van der Waals surface area contributed by atoms with E-state index in [9.17, 15) is 14.3 Å². The number of carbonyl (C=O) groups is 1. The van der Waals surface area contributed by atoms with Gasteiger partial charge in [0.2, 0.25) is 5.67 Å². The average molecular weight is 294 g/mol. The summed E-state index contributed by atoms with van der Waals surface area (Å²) in [4.78, 5) is 12.0. The number of aliphatic hydroxyl groups is 1. The number of aliphatic hydroxyl groups excluding tert-OH is 1. The van der Waals surface area contributed by atoms with Gasteiger partial charge in [0, 0.05) is 25.4 Å². The fourth-order valence-electron chi connectivity index (χ4n) is 2.70. The summed E-state index contributed by atoms with van der Waals surface area (Å²) in [6, 6.07) is 9.68. The van der Waals surface area contributed by atoms with Crippen LogP contribution in [0.4, 0.5) is 4.39 Å². The van der Waals surface area contributed by atoms with E-state index in [-0.39, 0.29) is 18.9 Å². The molecule has 3 unspecified atom stereocenters.